The van der Waals surface area contributed by atoms with Crippen LogP contribution in [0.4, 0.5) is 0 Å². The Balaban J connectivity index is 2.28. The first-order valence-electron chi connectivity index (χ1n) is 2.63. The molecule has 0 aromatic heterocycles. The summed E-state index contributed by atoms with van der Waals surface area (Å²) >= 11 is 0. The van der Waals surface area contributed by atoms with Crippen molar-refractivity contribution in [3.63, 3.8) is 0 Å². The van der Waals surface area contributed by atoms with Gasteiger partial charge in [0, 0.05) is 25.2 Å². The summed E-state index contributed by atoms with van der Waals surface area (Å²) in [5.74, 6) is 0.583. The molecule has 0 saturated carbocycles. The number of hydrogen-bond donors (Lipinski definition) is 1. The first-order chi connectivity index (χ1) is 3.43. The molecule has 1 aliphatic heterocycles. The molecule has 7 heavy (non-hydrogen) atoms. The third kappa shape index (κ3) is 0.996. The van der Waals surface area contributed by atoms with Crippen molar-refractivity contribution < 1.29 is 0 Å². The summed E-state index contributed by atoms with van der Waals surface area (Å²) in [6.07, 6.45) is 3.12. The Morgan fingerprint density at radius 1 is 1.86 bits per heavy atom. The van der Waals surface area contributed by atoms with Gasteiger partial charge in [-0.3, -0.25) is 4.99 Å². The van der Waals surface area contributed by atoms with Crippen LogP contribution in [-0.2, 0) is 0 Å². The van der Waals surface area contributed by atoms with Gasteiger partial charge < -0.3 is 5.73 Å². The van der Waals surface area contributed by atoms with Gasteiger partial charge in [0.05, 0.1) is 0 Å². The Morgan fingerprint density at radius 3 is 3.00 bits per heavy atom. The zero-order valence-corrected chi connectivity index (χ0v) is 4.30. The van der Waals surface area contributed by atoms with Gasteiger partial charge in [-0.15, -0.1) is 0 Å². The van der Waals surface area contributed by atoms with Gasteiger partial charge in [0.1, 0.15) is 0 Å². The first-order valence-corrected chi connectivity index (χ1v) is 2.63. The molecule has 0 saturated heterocycles. The molecule has 0 bridgehead atoms. The summed E-state index contributed by atoms with van der Waals surface area (Å²) in [6, 6.07) is 0. The second-order valence-electron chi connectivity index (χ2n) is 1.84. The van der Waals surface area contributed by atoms with E-state index in [0.29, 0.717) is 5.92 Å². The molecule has 40 valence electrons. The van der Waals surface area contributed by atoms with Crippen molar-refractivity contribution in [2.45, 2.75) is 6.42 Å². The lowest BCUT2D eigenvalue weighted by Gasteiger charge is -1.95. The molecule has 1 heterocycles. The Bertz CT molecular complexity index is 78.1. The predicted octanol–water partition coefficient (Wildman–Crippen LogP) is 0.0358. The molecular formula is C5H10N2. The zero-order chi connectivity index (χ0) is 5.11. The second kappa shape index (κ2) is 2.07. The summed E-state index contributed by atoms with van der Waals surface area (Å²) in [5, 5.41) is 0. The van der Waals surface area contributed by atoms with E-state index in [0.717, 1.165) is 19.5 Å². The monoisotopic (exact) mass is 98.1 g/mol. The minimum Gasteiger partial charge on any atom is -0.330 e. The Labute approximate surface area is 43.4 Å². The highest BCUT2D eigenvalue weighted by atomic mass is 14.8. The predicted molar refractivity (Wildman–Crippen MR) is 30.5 cm³/mol. The van der Waals surface area contributed by atoms with Gasteiger partial charge in [0.2, 0.25) is 0 Å². The molecule has 0 aromatic carbocycles. The van der Waals surface area contributed by atoms with Gasteiger partial charge in [-0.05, 0) is 6.42 Å². The minimum atomic E-state index is 0.583. The van der Waals surface area contributed by atoms with Crippen molar-refractivity contribution in [3.8, 4) is 0 Å². The number of hydrogen-bond acceptors (Lipinski definition) is 2. The maximum Gasteiger partial charge on any atom is 0.0392 e. The molecule has 1 atom stereocenters. The Hall–Kier alpha value is -0.370. The molecule has 1 unspecified atom stereocenters. The smallest absolute Gasteiger partial charge is 0.0392 e. The largest absolute Gasteiger partial charge is 0.330 e. The molecule has 2 heteroatoms. The van der Waals surface area contributed by atoms with Crippen LogP contribution in [-0.4, -0.2) is 19.3 Å². The van der Waals surface area contributed by atoms with Crippen LogP contribution in [0, 0.1) is 5.92 Å². The third-order valence-corrected chi connectivity index (χ3v) is 1.25. The van der Waals surface area contributed by atoms with E-state index in [1.54, 1.807) is 0 Å². The van der Waals surface area contributed by atoms with Crippen LogP contribution in [0.25, 0.3) is 0 Å². The summed E-state index contributed by atoms with van der Waals surface area (Å²) in [7, 11) is 0. The van der Waals surface area contributed by atoms with Crippen LogP contribution in [0.2, 0.25) is 0 Å². The van der Waals surface area contributed by atoms with E-state index in [4.69, 9.17) is 5.73 Å². The SMILES string of the molecule is NCC1C=NCC1. The van der Waals surface area contributed by atoms with Crippen molar-refractivity contribution in [1.82, 2.24) is 0 Å². The normalized spacial score (nSPS) is 29.0. The lowest BCUT2D eigenvalue weighted by Crippen LogP contribution is -2.12. The van der Waals surface area contributed by atoms with Gasteiger partial charge in [-0.25, -0.2) is 0 Å². The van der Waals surface area contributed by atoms with E-state index in [1.807, 2.05) is 6.21 Å². The lowest BCUT2D eigenvalue weighted by atomic mass is 10.1. The third-order valence-electron chi connectivity index (χ3n) is 1.25. The van der Waals surface area contributed by atoms with Crippen molar-refractivity contribution in [3.05, 3.63) is 0 Å². The molecule has 0 aromatic rings. The van der Waals surface area contributed by atoms with Crippen LogP contribution in [0.3, 0.4) is 0 Å². The van der Waals surface area contributed by atoms with Crippen molar-refractivity contribution in [2.24, 2.45) is 16.6 Å². The van der Waals surface area contributed by atoms with E-state index in [-0.39, 0.29) is 0 Å². The number of rotatable bonds is 1. The van der Waals surface area contributed by atoms with E-state index in [1.165, 1.54) is 0 Å². The van der Waals surface area contributed by atoms with Gasteiger partial charge in [-0.1, -0.05) is 0 Å². The van der Waals surface area contributed by atoms with Gasteiger partial charge in [0.25, 0.3) is 0 Å². The Kier molecular flexibility index (Phi) is 1.42. The van der Waals surface area contributed by atoms with E-state index < -0.39 is 0 Å². The summed E-state index contributed by atoms with van der Waals surface area (Å²) < 4.78 is 0. The van der Waals surface area contributed by atoms with Crippen LogP contribution in [0.15, 0.2) is 4.99 Å². The molecule has 0 spiro atoms. The standard InChI is InChI=1S/C5H10N2/c6-3-5-1-2-7-4-5/h4-5H,1-3,6H2. The summed E-state index contributed by atoms with van der Waals surface area (Å²) in [5.41, 5.74) is 5.34. The van der Waals surface area contributed by atoms with Gasteiger partial charge >= 0.3 is 0 Å². The first kappa shape index (κ1) is 4.78. The van der Waals surface area contributed by atoms with Gasteiger partial charge in [0.15, 0.2) is 0 Å². The van der Waals surface area contributed by atoms with Gasteiger partial charge in [-0.2, -0.15) is 0 Å². The molecule has 0 radical (unpaired) electrons. The average molecular weight is 98.1 g/mol. The highest BCUT2D eigenvalue weighted by Crippen LogP contribution is 2.03. The topological polar surface area (TPSA) is 38.4 Å². The quantitative estimate of drug-likeness (QED) is 0.494. The van der Waals surface area contributed by atoms with Crippen LogP contribution >= 0.6 is 0 Å². The van der Waals surface area contributed by atoms with Crippen molar-refractivity contribution in [2.75, 3.05) is 13.1 Å². The fourth-order valence-electron chi connectivity index (χ4n) is 0.717. The number of nitrogens with zero attached hydrogens (tertiary/aromatic N) is 1. The summed E-state index contributed by atoms with van der Waals surface area (Å²) in [4.78, 5) is 4.03. The minimum absolute atomic E-state index is 0.583. The highest BCUT2D eigenvalue weighted by molar-refractivity contribution is 5.62. The van der Waals surface area contributed by atoms with Crippen LogP contribution in [0.1, 0.15) is 6.42 Å². The maximum atomic E-state index is 5.34. The van der Waals surface area contributed by atoms with E-state index in [2.05, 4.69) is 4.99 Å². The summed E-state index contributed by atoms with van der Waals surface area (Å²) in [6.45, 7) is 1.76. The molecule has 2 N–H and O–H groups in total. The maximum absolute atomic E-state index is 5.34. The zero-order valence-electron chi connectivity index (χ0n) is 4.30. The molecule has 1 rings (SSSR count). The van der Waals surface area contributed by atoms with Crippen LogP contribution < -0.4 is 5.73 Å². The molecule has 0 amide bonds. The fourth-order valence-corrected chi connectivity index (χ4v) is 0.717. The molecular weight excluding hydrogens is 88.1 g/mol. The second-order valence-corrected chi connectivity index (χ2v) is 1.84. The highest BCUT2D eigenvalue weighted by Gasteiger charge is 2.05. The lowest BCUT2D eigenvalue weighted by molar-refractivity contribution is 0.697. The average Bonchev–Trinajstić information content (AvgIpc) is 2.14. The van der Waals surface area contributed by atoms with E-state index in [9.17, 15) is 0 Å². The fraction of sp³-hybridized carbons (Fsp3) is 0.800. The van der Waals surface area contributed by atoms with E-state index >= 15 is 0 Å². The number of aliphatic imine (C=N–C) groups is 1. The molecule has 0 fully saturated rings. The van der Waals surface area contributed by atoms with Crippen LogP contribution in [0.5, 0.6) is 0 Å². The number of nitrogens with two attached hydrogens (primary N) is 1. The molecule has 0 aliphatic carbocycles. The van der Waals surface area contributed by atoms with Crippen molar-refractivity contribution >= 4 is 6.21 Å². The molecule has 2 nitrogen and oxygen atoms in total. The molecule has 1 aliphatic rings. The Morgan fingerprint density at radius 2 is 2.71 bits per heavy atom. The van der Waals surface area contributed by atoms with Crippen molar-refractivity contribution in [1.29, 1.82) is 0 Å².